The van der Waals surface area contributed by atoms with Crippen molar-refractivity contribution in [2.24, 2.45) is 0 Å². The van der Waals surface area contributed by atoms with Crippen LogP contribution in [0, 0.1) is 0 Å². The largest absolute Gasteiger partial charge is 0.300 e. The molecule has 0 aromatic rings. The lowest BCUT2D eigenvalue weighted by molar-refractivity contribution is -0.114. The number of hydrogen-bond acceptors (Lipinski definition) is 1. The van der Waals surface area contributed by atoms with Crippen molar-refractivity contribution in [3.8, 4) is 0 Å². The first-order valence-corrected chi connectivity index (χ1v) is 1.35. The van der Waals surface area contributed by atoms with Crippen molar-refractivity contribution in [1.29, 1.82) is 0 Å². The van der Waals surface area contributed by atoms with Crippen LogP contribution < -0.4 is 0 Å². The first-order valence-electron chi connectivity index (χ1n) is 1.35. The van der Waals surface area contributed by atoms with Crippen LogP contribution in [0.15, 0.2) is 0 Å². The molecule has 0 aromatic heterocycles. The molecule has 0 fully saturated rings. The summed E-state index contributed by atoms with van der Waals surface area (Å²) in [6, 6.07) is 0. The van der Waals surface area contributed by atoms with Crippen LogP contribution in [0.4, 0.5) is 9.15 Å². The molecule has 0 aliphatic rings. The predicted octanol–water partition coefficient (Wildman–Crippen LogP) is 1.44. The fraction of sp³-hybridized carbons (Fsp3) is 0.667. The van der Waals surface area contributed by atoms with Crippen molar-refractivity contribution >= 4 is 5.78 Å². The zero-order valence-electron chi connectivity index (χ0n) is 3.66. The Kier molecular flexibility index (Phi) is 13.4. The van der Waals surface area contributed by atoms with Crippen LogP contribution >= 0.6 is 0 Å². The number of hydrogen-bond donors (Lipinski definition) is 0. The molecule has 0 aromatic carbocycles. The lowest BCUT2D eigenvalue weighted by atomic mass is 10.6. The Hall–Kier alpha value is -0.470. The normalized spacial score (nSPS) is 5.33. The Balaban J connectivity index is 0. The van der Waals surface area contributed by atoms with E-state index in [1.807, 2.05) is 0 Å². The van der Waals surface area contributed by atoms with Gasteiger partial charge in [0.1, 0.15) is 5.78 Å². The molecule has 0 N–H and O–H groups in total. The van der Waals surface area contributed by atoms with Crippen LogP contribution in [-0.4, -0.2) is 5.78 Å². The molecule has 0 saturated heterocycles. The summed E-state index contributed by atoms with van der Waals surface area (Å²) >= 11 is 0. The maximum absolute atomic E-state index is 9.44. The molecule has 0 atom stereocenters. The molecule has 6 heavy (non-hydrogen) atoms. The van der Waals surface area contributed by atoms with E-state index in [1.54, 1.807) is 0 Å². The summed E-state index contributed by atoms with van der Waals surface area (Å²) in [4.78, 5) is 9.44. The lowest BCUT2D eigenvalue weighted by Crippen LogP contribution is -1.69. The van der Waals surface area contributed by atoms with E-state index in [2.05, 4.69) is 0 Å². The molecule has 0 heterocycles. The molecular formula is C3H6F2O. The zero-order chi connectivity index (χ0) is 5.58. The minimum absolute atomic E-state index is 0.167. The molecule has 0 unspecified atom stereocenters. The molecule has 0 spiro atoms. The Labute approximate surface area is 34.8 Å². The SMILES string of the molecule is CC(C)=O.FF. The molecule has 0 saturated carbocycles. The van der Waals surface area contributed by atoms with E-state index in [0.717, 1.165) is 0 Å². The van der Waals surface area contributed by atoms with Gasteiger partial charge in [-0.1, -0.05) is 0 Å². The predicted molar refractivity (Wildman–Crippen MR) is 18.6 cm³/mol. The Bertz CT molecular complexity index is 31.8. The van der Waals surface area contributed by atoms with Gasteiger partial charge in [0.05, 0.1) is 0 Å². The fourth-order valence-corrected chi connectivity index (χ4v) is 0. The second kappa shape index (κ2) is 8.82. The van der Waals surface area contributed by atoms with Gasteiger partial charge in [-0.15, -0.1) is 0 Å². The van der Waals surface area contributed by atoms with Crippen LogP contribution in [0.2, 0.25) is 0 Å². The fourth-order valence-electron chi connectivity index (χ4n) is 0. The van der Waals surface area contributed by atoms with Crippen LogP contribution in [0.5, 0.6) is 0 Å². The van der Waals surface area contributed by atoms with Crippen LogP contribution in [0.3, 0.4) is 0 Å². The summed E-state index contributed by atoms with van der Waals surface area (Å²) in [6.45, 7) is 3.06. The Morgan fingerprint density at radius 2 is 1.33 bits per heavy atom. The van der Waals surface area contributed by atoms with E-state index in [1.165, 1.54) is 13.8 Å². The smallest absolute Gasteiger partial charge is 0.126 e. The van der Waals surface area contributed by atoms with Gasteiger partial charge in [0.15, 0.2) is 0 Å². The highest BCUT2D eigenvalue weighted by Gasteiger charge is 1.62. The van der Waals surface area contributed by atoms with Gasteiger partial charge in [-0.3, -0.25) is 0 Å². The van der Waals surface area contributed by atoms with Gasteiger partial charge in [-0.05, 0) is 13.8 Å². The number of carbonyl (C=O) groups is 1. The molecule has 0 aliphatic carbocycles. The maximum atomic E-state index is 9.44. The lowest BCUT2D eigenvalue weighted by Gasteiger charge is -1.56. The van der Waals surface area contributed by atoms with Crippen molar-refractivity contribution in [2.75, 3.05) is 0 Å². The van der Waals surface area contributed by atoms with Crippen LogP contribution in [-0.2, 0) is 4.79 Å². The zero-order valence-corrected chi connectivity index (χ0v) is 3.66. The van der Waals surface area contributed by atoms with Gasteiger partial charge in [0.25, 0.3) is 0 Å². The van der Waals surface area contributed by atoms with Gasteiger partial charge in [0.2, 0.25) is 0 Å². The summed E-state index contributed by atoms with van der Waals surface area (Å²) in [6.07, 6.45) is 0. The third-order valence-electron chi connectivity index (χ3n) is 0. The number of halogens is 2. The van der Waals surface area contributed by atoms with E-state index >= 15 is 0 Å². The summed E-state index contributed by atoms with van der Waals surface area (Å²) in [5, 5.41) is 0. The van der Waals surface area contributed by atoms with Gasteiger partial charge in [-0.25, -0.2) is 0 Å². The second-order valence-corrected chi connectivity index (χ2v) is 0.908. The van der Waals surface area contributed by atoms with Gasteiger partial charge >= 0.3 is 0 Å². The molecule has 1 nitrogen and oxygen atoms in total. The molecule has 38 valence electrons. The number of ketones is 1. The monoisotopic (exact) mass is 96.0 g/mol. The first kappa shape index (κ1) is 9.11. The van der Waals surface area contributed by atoms with Gasteiger partial charge < -0.3 is 4.79 Å². The van der Waals surface area contributed by atoms with E-state index in [0.29, 0.717) is 0 Å². The topological polar surface area (TPSA) is 17.1 Å². The molecular weight excluding hydrogens is 90.0 g/mol. The molecule has 0 amide bonds. The van der Waals surface area contributed by atoms with Crippen LogP contribution in [0.25, 0.3) is 0 Å². The molecule has 0 aliphatic heterocycles. The van der Waals surface area contributed by atoms with E-state index in [4.69, 9.17) is 9.15 Å². The van der Waals surface area contributed by atoms with E-state index < -0.39 is 0 Å². The quantitative estimate of drug-likeness (QED) is 0.446. The highest BCUT2D eigenvalue weighted by atomic mass is 20.0. The summed E-state index contributed by atoms with van der Waals surface area (Å²) in [5.41, 5.74) is 0. The van der Waals surface area contributed by atoms with Crippen molar-refractivity contribution in [3.63, 3.8) is 0 Å². The second-order valence-electron chi connectivity index (χ2n) is 0.908. The number of Topliss-reactive ketones (excluding diaryl/α,β-unsaturated/α-hetero) is 1. The van der Waals surface area contributed by atoms with Gasteiger partial charge in [-0.2, -0.15) is 0 Å². The van der Waals surface area contributed by atoms with Crippen molar-refractivity contribution < 1.29 is 13.9 Å². The molecule has 0 radical (unpaired) electrons. The third kappa shape index (κ3) is 102. The minimum Gasteiger partial charge on any atom is -0.300 e. The Morgan fingerprint density at radius 3 is 1.33 bits per heavy atom. The summed E-state index contributed by atoms with van der Waals surface area (Å²) in [5.74, 6) is 0.167. The van der Waals surface area contributed by atoms with Crippen LogP contribution in [0.1, 0.15) is 13.8 Å². The molecule has 3 heteroatoms. The Morgan fingerprint density at radius 1 is 1.33 bits per heavy atom. The van der Waals surface area contributed by atoms with E-state index in [-0.39, 0.29) is 5.78 Å². The van der Waals surface area contributed by atoms with E-state index in [9.17, 15) is 4.79 Å². The minimum atomic E-state index is 0.167. The summed E-state index contributed by atoms with van der Waals surface area (Å²) in [7, 11) is 0. The van der Waals surface area contributed by atoms with Gasteiger partial charge in [0, 0.05) is 9.15 Å². The average Bonchev–Trinajstić information content (AvgIpc) is 1.41. The van der Waals surface area contributed by atoms with Crippen molar-refractivity contribution in [2.45, 2.75) is 13.8 Å². The molecule has 0 rings (SSSR count). The van der Waals surface area contributed by atoms with Crippen molar-refractivity contribution in [1.82, 2.24) is 0 Å². The highest BCUT2D eigenvalue weighted by Crippen LogP contribution is 1.50. The maximum Gasteiger partial charge on any atom is 0.126 e. The number of rotatable bonds is 0. The number of carbonyl (C=O) groups excluding carboxylic acids is 1. The first-order chi connectivity index (χ1) is 2.73. The summed E-state index contributed by atoms with van der Waals surface area (Å²) < 4.78 is 16.0. The highest BCUT2D eigenvalue weighted by molar-refractivity contribution is 5.72. The average molecular weight is 96.1 g/mol. The molecule has 0 bridgehead atoms. The van der Waals surface area contributed by atoms with Crippen molar-refractivity contribution in [3.05, 3.63) is 0 Å². The third-order valence-corrected chi connectivity index (χ3v) is 0. The standard InChI is InChI=1S/C3H6O.F2/c1-3(2)4;1-2/h1-2H3;.